The highest BCUT2D eigenvalue weighted by atomic mass is 32.2. The zero-order valence-corrected chi connectivity index (χ0v) is 8.80. The molecule has 4 bridgehead atoms. The number of thioether (sulfide) groups is 1. The van der Waals surface area contributed by atoms with Gasteiger partial charge < -0.3 is 0 Å². The van der Waals surface area contributed by atoms with Gasteiger partial charge in [-0.3, -0.25) is 4.79 Å². The second-order valence-electron chi connectivity index (χ2n) is 4.95. The highest BCUT2D eigenvalue weighted by molar-refractivity contribution is 8.04. The molecule has 0 heterocycles. The third kappa shape index (κ3) is 1.07. The molecule has 0 aromatic carbocycles. The fourth-order valence-corrected chi connectivity index (χ4v) is 4.77. The molecule has 0 N–H and O–H groups in total. The quantitative estimate of drug-likeness (QED) is 0.619. The van der Waals surface area contributed by atoms with Crippen molar-refractivity contribution in [2.24, 2.45) is 23.7 Å². The van der Waals surface area contributed by atoms with E-state index in [2.05, 4.69) is 5.40 Å². The molecular formula is C11H13NOS. The van der Waals surface area contributed by atoms with E-state index in [1.54, 1.807) is 0 Å². The summed E-state index contributed by atoms with van der Waals surface area (Å²) in [5.41, 5.74) is 0. The summed E-state index contributed by atoms with van der Waals surface area (Å²) in [5, 5.41) is 11.3. The van der Waals surface area contributed by atoms with Crippen LogP contribution < -0.4 is 0 Å². The van der Waals surface area contributed by atoms with Gasteiger partial charge in [-0.05, 0) is 49.3 Å². The van der Waals surface area contributed by atoms with Gasteiger partial charge in [-0.2, -0.15) is 5.26 Å². The Bertz CT molecular complexity index is 322. The molecule has 0 saturated heterocycles. The van der Waals surface area contributed by atoms with Crippen molar-refractivity contribution < 1.29 is 4.79 Å². The van der Waals surface area contributed by atoms with Crippen LogP contribution in [0, 0.1) is 34.3 Å². The summed E-state index contributed by atoms with van der Waals surface area (Å²) in [7, 11) is 0. The van der Waals surface area contributed by atoms with E-state index >= 15 is 0 Å². The smallest absolute Gasteiger partial charge is 0.140 e. The van der Waals surface area contributed by atoms with Crippen molar-refractivity contribution in [1.29, 1.82) is 5.26 Å². The summed E-state index contributed by atoms with van der Waals surface area (Å²) in [4.78, 5) is 11.9. The molecular weight excluding hydrogens is 194 g/mol. The number of hydrogen-bond donors (Lipinski definition) is 0. The average molecular weight is 207 g/mol. The van der Waals surface area contributed by atoms with Crippen LogP contribution in [0.1, 0.15) is 25.7 Å². The fourth-order valence-electron chi connectivity index (χ4n) is 3.82. The number of nitrogens with zero attached hydrogens (tertiary/aromatic N) is 1. The van der Waals surface area contributed by atoms with Gasteiger partial charge in [0, 0.05) is 17.1 Å². The number of carbonyl (C=O) groups is 1. The molecule has 5 atom stereocenters. The van der Waals surface area contributed by atoms with Gasteiger partial charge in [0.05, 0.1) is 0 Å². The first kappa shape index (κ1) is 8.79. The van der Waals surface area contributed by atoms with Crippen molar-refractivity contribution in [3.63, 3.8) is 0 Å². The predicted molar refractivity (Wildman–Crippen MR) is 54.4 cm³/mol. The summed E-state index contributed by atoms with van der Waals surface area (Å²) in [6, 6.07) is 0. The van der Waals surface area contributed by atoms with Gasteiger partial charge in [0.2, 0.25) is 0 Å². The van der Waals surface area contributed by atoms with Gasteiger partial charge in [-0.15, -0.1) is 0 Å². The topological polar surface area (TPSA) is 40.9 Å². The molecule has 0 radical (unpaired) electrons. The lowest BCUT2D eigenvalue weighted by Crippen LogP contribution is -2.52. The minimum absolute atomic E-state index is 0.232. The van der Waals surface area contributed by atoms with Crippen molar-refractivity contribution in [1.82, 2.24) is 0 Å². The van der Waals surface area contributed by atoms with E-state index in [4.69, 9.17) is 5.26 Å². The van der Waals surface area contributed by atoms with E-state index in [-0.39, 0.29) is 5.92 Å². The Hall–Kier alpha value is -0.490. The molecule has 2 nitrogen and oxygen atoms in total. The van der Waals surface area contributed by atoms with Gasteiger partial charge in [-0.1, -0.05) is 0 Å². The summed E-state index contributed by atoms with van der Waals surface area (Å²) in [6.07, 6.45) is 4.58. The van der Waals surface area contributed by atoms with E-state index in [0.29, 0.717) is 22.9 Å². The number of ketones is 1. The number of Topliss-reactive ketones (excluding diaryl/α,β-unsaturated/α-hetero) is 1. The second-order valence-corrected chi connectivity index (χ2v) is 5.91. The first-order chi connectivity index (χ1) is 6.79. The lowest BCUT2D eigenvalue weighted by molar-refractivity contribution is -0.139. The summed E-state index contributed by atoms with van der Waals surface area (Å²) in [6.45, 7) is 0. The largest absolute Gasteiger partial charge is 0.299 e. The Balaban J connectivity index is 1.90. The number of rotatable bonds is 1. The van der Waals surface area contributed by atoms with Crippen molar-refractivity contribution in [2.45, 2.75) is 30.9 Å². The molecule has 0 aliphatic heterocycles. The highest BCUT2D eigenvalue weighted by Crippen LogP contribution is 2.55. The molecule has 4 saturated carbocycles. The predicted octanol–water partition coefficient (Wildman–Crippen LogP) is 2.20. The lowest BCUT2D eigenvalue weighted by atomic mass is 9.55. The number of carbonyl (C=O) groups excluding carboxylic acids is 1. The highest BCUT2D eigenvalue weighted by Gasteiger charge is 2.53. The van der Waals surface area contributed by atoms with Gasteiger partial charge in [-0.25, -0.2) is 0 Å². The average Bonchev–Trinajstić information content (AvgIpc) is 2.18. The van der Waals surface area contributed by atoms with E-state index in [9.17, 15) is 4.79 Å². The fraction of sp³-hybridized carbons (Fsp3) is 0.818. The molecule has 4 aliphatic rings. The standard InChI is InChI=1S/C11H13NOS/c12-5-14-11-8-2-6-1-7(4-8)10(13)9(11)3-6/h6-9,11H,1-4H2/t6-,7+,8-,9+,11+/m1/s1. The molecule has 4 fully saturated rings. The minimum atomic E-state index is 0.232. The van der Waals surface area contributed by atoms with Gasteiger partial charge in [0.1, 0.15) is 11.2 Å². The first-order valence-corrected chi connectivity index (χ1v) is 6.26. The van der Waals surface area contributed by atoms with Crippen LogP contribution >= 0.6 is 11.8 Å². The maximum atomic E-state index is 11.9. The van der Waals surface area contributed by atoms with Crippen LogP contribution in [0.2, 0.25) is 0 Å². The molecule has 0 amide bonds. The molecule has 14 heavy (non-hydrogen) atoms. The SMILES string of the molecule is N#CS[C@H]1[C@@H]2C[C@H]3C[C@@H](C2)C(=O)[C@@H]1C3. The van der Waals surface area contributed by atoms with Crippen LogP contribution in [0.15, 0.2) is 0 Å². The molecule has 0 aromatic rings. The molecule has 0 aromatic heterocycles. The normalized spacial score (nSPS) is 49.4. The van der Waals surface area contributed by atoms with E-state index in [1.165, 1.54) is 18.2 Å². The van der Waals surface area contributed by atoms with Crippen LogP contribution in [-0.4, -0.2) is 11.0 Å². The maximum Gasteiger partial charge on any atom is 0.140 e. The van der Waals surface area contributed by atoms with Gasteiger partial charge >= 0.3 is 0 Å². The van der Waals surface area contributed by atoms with E-state index in [1.807, 2.05) is 0 Å². The molecule has 3 heteroatoms. The first-order valence-electron chi connectivity index (χ1n) is 5.38. The number of thiocyanates is 1. The Morgan fingerprint density at radius 3 is 2.93 bits per heavy atom. The third-order valence-corrected chi connectivity index (χ3v) is 5.34. The second kappa shape index (κ2) is 3.00. The lowest BCUT2D eigenvalue weighted by Gasteiger charge is -2.52. The third-order valence-electron chi connectivity index (χ3n) is 4.25. The Kier molecular flexibility index (Phi) is 1.88. The monoisotopic (exact) mass is 207 g/mol. The summed E-state index contributed by atoms with van der Waals surface area (Å²) < 4.78 is 0. The van der Waals surface area contributed by atoms with Gasteiger partial charge in [0.15, 0.2) is 0 Å². The van der Waals surface area contributed by atoms with Crippen molar-refractivity contribution >= 4 is 17.5 Å². The molecule has 74 valence electrons. The Morgan fingerprint density at radius 2 is 2.14 bits per heavy atom. The maximum absolute atomic E-state index is 11.9. The number of hydrogen-bond acceptors (Lipinski definition) is 3. The molecule has 0 spiro atoms. The van der Waals surface area contributed by atoms with Gasteiger partial charge in [0.25, 0.3) is 0 Å². The van der Waals surface area contributed by atoms with E-state index < -0.39 is 0 Å². The van der Waals surface area contributed by atoms with Crippen molar-refractivity contribution in [3.8, 4) is 5.40 Å². The molecule has 4 aliphatic carbocycles. The van der Waals surface area contributed by atoms with Crippen LogP contribution in [0.25, 0.3) is 0 Å². The molecule has 4 rings (SSSR count). The summed E-state index contributed by atoms with van der Waals surface area (Å²) >= 11 is 1.36. The zero-order valence-electron chi connectivity index (χ0n) is 7.98. The van der Waals surface area contributed by atoms with Crippen molar-refractivity contribution in [2.75, 3.05) is 0 Å². The number of nitriles is 1. The molecule has 0 unspecified atom stereocenters. The van der Waals surface area contributed by atoms with Crippen LogP contribution in [0.3, 0.4) is 0 Å². The van der Waals surface area contributed by atoms with E-state index in [0.717, 1.165) is 25.2 Å². The van der Waals surface area contributed by atoms with Crippen LogP contribution in [0.4, 0.5) is 0 Å². The Labute approximate surface area is 88.0 Å². The van der Waals surface area contributed by atoms with Crippen LogP contribution in [-0.2, 0) is 4.79 Å². The van der Waals surface area contributed by atoms with Crippen LogP contribution in [0.5, 0.6) is 0 Å². The Morgan fingerprint density at radius 1 is 1.29 bits per heavy atom. The zero-order chi connectivity index (χ0) is 9.71. The minimum Gasteiger partial charge on any atom is -0.299 e. The summed E-state index contributed by atoms with van der Waals surface area (Å²) in [5.74, 6) is 2.55. The van der Waals surface area contributed by atoms with Crippen molar-refractivity contribution in [3.05, 3.63) is 0 Å².